The van der Waals surface area contributed by atoms with Gasteiger partial charge < -0.3 is 33.9 Å². The van der Waals surface area contributed by atoms with Crippen LogP contribution in [0.25, 0.3) is 0 Å². The van der Waals surface area contributed by atoms with Gasteiger partial charge in [0.25, 0.3) is 0 Å². The summed E-state index contributed by atoms with van der Waals surface area (Å²) in [5.41, 5.74) is 1.03. The highest BCUT2D eigenvalue weighted by atomic mass is 16.5. The van der Waals surface area contributed by atoms with Crippen LogP contribution >= 0.6 is 0 Å². The summed E-state index contributed by atoms with van der Waals surface area (Å²) in [6.45, 7) is 0. The van der Waals surface area contributed by atoms with Gasteiger partial charge >= 0.3 is 0 Å². The maximum absolute atomic E-state index is 10.7. The monoisotopic (exact) mass is 362 g/mol. The number of aliphatic hydroxyl groups excluding tert-OH is 2. The second-order valence-electron chi connectivity index (χ2n) is 5.83. The van der Waals surface area contributed by atoms with Crippen molar-refractivity contribution in [1.29, 1.82) is 0 Å². The lowest BCUT2D eigenvalue weighted by molar-refractivity contribution is -0.0711. The maximum atomic E-state index is 10.7. The van der Waals surface area contributed by atoms with Gasteiger partial charge in [0.2, 0.25) is 0 Å². The largest absolute Gasteiger partial charge is 0.496 e. The van der Waals surface area contributed by atoms with E-state index in [4.69, 9.17) is 23.7 Å². The molecule has 7 nitrogen and oxygen atoms in total. The van der Waals surface area contributed by atoms with Crippen LogP contribution in [0.3, 0.4) is 0 Å². The van der Waals surface area contributed by atoms with Gasteiger partial charge in [0.1, 0.15) is 29.5 Å². The number of hydrogen-bond acceptors (Lipinski definition) is 7. The first-order valence-electron chi connectivity index (χ1n) is 8.04. The number of hydrogen-bond donors (Lipinski definition) is 2. The van der Waals surface area contributed by atoms with Crippen LogP contribution in [0.4, 0.5) is 0 Å². The molecule has 0 fully saturated rings. The lowest BCUT2D eigenvalue weighted by Crippen LogP contribution is -2.34. The molecule has 0 saturated heterocycles. The van der Waals surface area contributed by atoms with Crippen molar-refractivity contribution in [3.8, 4) is 28.7 Å². The molecule has 0 radical (unpaired) electrons. The van der Waals surface area contributed by atoms with E-state index in [1.165, 1.54) is 21.3 Å². The fourth-order valence-corrected chi connectivity index (χ4v) is 3.09. The summed E-state index contributed by atoms with van der Waals surface area (Å²) in [6, 6.07) is 8.47. The van der Waals surface area contributed by atoms with Crippen molar-refractivity contribution in [3.63, 3.8) is 0 Å². The van der Waals surface area contributed by atoms with Gasteiger partial charge in [-0.2, -0.15) is 0 Å². The summed E-state index contributed by atoms with van der Waals surface area (Å²) in [4.78, 5) is 0. The molecule has 3 rings (SSSR count). The van der Waals surface area contributed by atoms with E-state index < -0.39 is 18.3 Å². The van der Waals surface area contributed by atoms with Gasteiger partial charge in [0.15, 0.2) is 17.6 Å². The zero-order chi connectivity index (χ0) is 18.8. The lowest BCUT2D eigenvalue weighted by atomic mass is 9.91. The average molecular weight is 362 g/mol. The number of methoxy groups -OCH3 is 4. The van der Waals surface area contributed by atoms with Crippen molar-refractivity contribution in [2.45, 2.75) is 18.3 Å². The maximum Gasteiger partial charge on any atom is 0.161 e. The highest BCUT2D eigenvalue weighted by Crippen LogP contribution is 2.48. The number of benzene rings is 2. The molecule has 2 aromatic rings. The molecule has 1 aliphatic rings. The van der Waals surface area contributed by atoms with Gasteiger partial charge in [-0.1, -0.05) is 6.07 Å². The van der Waals surface area contributed by atoms with Crippen molar-refractivity contribution in [2.75, 3.05) is 28.4 Å². The predicted octanol–water partition coefficient (Wildman–Crippen LogP) is 2.25. The third-order valence-electron chi connectivity index (χ3n) is 4.45. The standard InChI is InChI=1S/C19H22O7/c1-22-11-8-14(25-4)16-15(9-11)26-19(18(21)17(16)20)10-5-6-12(23-2)13(7-10)24-3/h5-9,17-21H,1-4H3/t17-,18-,19+/m1/s1. The Morgan fingerprint density at radius 3 is 2.12 bits per heavy atom. The summed E-state index contributed by atoms with van der Waals surface area (Å²) in [7, 11) is 6.08. The molecule has 0 unspecified atom stereocenters. The molecule has 1 aliphatic heterocycles. The van der Waals surface area contributed by atoms with E-state index in [0.29, 0.717) is 39.9 Å². The molecule has 0 spiro atoms. The summed E-state index contributed by atoms with van der Waals surface area (Å²) >= 11 is 0. The highest BCUT2D eigenvalue weighted by Gasteiger charge is 2.40. The quantitative estimate of drug-likeness (QED) is 0.844. The van der Waals surface area contributed by atoms with Gasteiger partial charge in [0.05, 0.1) is 34.0 Å². The number of aliphatic hydroxyl groups is 2. The van der Waals surface area contributed by atoms with Crippen LogP contribution in [0.5, 0.6) is 28.7 Å². The SMILES string of the molecule is COc1cc(OC)c2c(c1)O[C@@H](c1ccc(OC)c(OC)c1)[C@H](O)[C@@H]2O. The second kappa shape index (κ2) is 7.31. The second-order valence-corrected chi connectivity index (χ2v) is 5.83. The van der Waals surface area contributed by atoms with Gasteiger partial charge in [-0.25, -0.2) is 0 Å². The molecular weight excluding hydrogens is 340 g/mol. The Bertz CT molecular complexity index is 790. The molecule has 0 bridgehead atoms. The fraction of sp³-hybridized carbons (Fsp3) is 0.368. The molecule has 140 valence electrons. The van der Waals surface area contributed by atoms with Gasteiger partial charge in [-0.3, -0.25) is 0 Å². The third kappa shape index (κ3) is 3.00. The van der Waals surface area contributed by atoms with Crippen LogP contribution in [-0.2, 0) is 0 Å². The normalized spacial score (nSPS) is 21.4. The van der Waals surface area contributed by atoms with Crippen LogP contribution in [-0.4, -0.2) is 44.8 Å². The van der Waals surface area contributed by atoms with Gasteiger partial charge in [-0.15, -0.1) is 0 Å². The Labute approximate surface area is 151 Å². The molecule has 2 N–H and O–H groups in total. The first-order chi connectivity index (χ1) is 12.5. The van der Waals surface area contributed by atoms with E-state index in [1.54, 1.807) is 37.4 Å². The first-order valence-corrected chi connectivity index (χ1v) is 8.04. The topological polar surface area (TPSA) is 86.6 Å². The fourth-order valence-electron chi connectivity index (χ4n) is 3.09. The predicted molar refractivity (Wildman–Crippen MR) is 93.4 cm³/mol. The molecule has 0 aromatic heterocycles. The van der Waals surface area contributed by atoms with Crippen molar-refractivity contribution >= 4 is 0 Å². The van der Waals surface area contributed by atoms with Crippen molar-refractivity contribution in [2.24, 2.45) is 0 Å². The highest BCUT2D eigenvalue weighted by molar-refractivity contribution is 5.54. The summed E-state index contributed by atoms with van der Waals surface area (Å²) in [6.07, 6.45) is -3.17. The molecule has 3 atom stereocenters. The lowest BCUT2D eigenvalue weighted by Gasteiger charge is -2.35. The van der Waals surface area contributed by atoms with Gasteiger partial charge in [0, 0.05) is 12.1 Å². The first kappa shape index (κ1) is 18.2. The van der Waals surface area contributed by atoms with E-state index in [1.807, 2.05) is 0 Å². The Morgan fingerprint density at radius 1 is 0.808 bits per heavy atom. The van der Waals surface area contributed by atoms with E-state index in [2.05, 4.69) is 0 Å². The Hall–Kier alpha value is -2.64. The molecule has 26 heavy (non-hydrogen) atoms. The zero-order valence-corrected chi connectivity index (χ0v) is 15.1. The minimum absolute atomic E-state index is 0.386. The Kier molecular flexibility index (Phi) is 5.11. The van der Waals surface area contributed by atoms with Crippen LogP contribution in [0, 0.1) is 0 Å². The van der Waals surface area contributed by atoms with E-state index >= 15 is 0 Å². The van der Waals surface area contributed by atoms with E-state index in [9.17, 15) is 10.2 Å². The molecule has 0 amide bonds. The van der Waals surface area contributed by atoms with Crippen LogP contribution in [0.15, 0.2) is 30.3 Å². The number of rotatable bonds is 5. The Morgan fingerprint density at radius 2 is 1.50 bits per heavy atom. The molecule has 7 heteroatoms. The van der Waals surface area contributed by atoms with Gasteiger partial charge in [-0.05, 0) is 17.7 Å². The van der Waals surface area contributed by atoms with Crippen molar-refractivity contribution in [1.82, 2.24) is 0 Å². The van der Waals surface area contributed by atoms with E-state index in [0.717, 1.165) is 0 Å². The van der Waals surface area contributed by atoms with Crippen molar-refractivity contribution < 1.29 is 33.9 Å². The number of ether oxygens (including phenoxy) is 5. The van der Waals surface area contributed by atoms with Crippen LogP contribution in [0.1, 0.15) is 23.3 Å². The van der Waals surface area contributed by atoms with Crippen molar-refractivity contribution in [3.05, 3.63) is 41.5 Å². The Balaban J connectivity index is 2.05. The molecule has 2 aromatic carbocycles. The summed E-state index contributed by atoms with van der Waals surface area (Å²) in [5, 5.41) is 21.3. The smallest absolute Gasteiger partial charge is 0.161 e. The summed E-state index contributed by atoms with van der Waals surface area (Å²) in [5.74, 6) is 2.36. The molecular formula is C19H22O7. The van der Waals surface area contributed by atoms with E-state index in [-0.39, 0.29) is 0 Å². The zero-order valence-electron chi connectivity index (χ0n) is 15.1. The van der Waals surface area contributed by atoms with Crippen LogP contribution in [0.2, 0.25) is 0 Å². The average Bonchev–Trinajstić information content (AvgIpc) is 2.68. The molecule has 0 aliphatic carbocycles. The summed E-state index contributed by atoms with van der Waals surface area (Å²) < 4.78 is 27.1. The minimum Gasteiger partial charge on any atom is -0.496 e. The molecule has 1 heterocycles. The minimum atomic E-state index is -1.19. The molecule has 0 saturated carbocycles. The van der Waals surface area contributed by atoms with Crippen LogP contribution < -0.4 is 23.7 Å². The third-order valence-corrected chi connectivity index (χ3v) is 4.45. The number of fused-ring (bicyclic) bond motifs is 1.